The fourth-order valence-electron chi connectivity index (χ4n) is 1.74. The van der Waals surface area contributed by atoms with E-state index in [1.807, 2.05) is 6.07 Å². The lowest BCUT2D eigenvalue weighted by Gasteiger charge is -2.10. The summed E-state index contributed by atoms with van der Waals surface area (Å²) in [5.74, 6) is 0.672. The Morgan fingerprint density at radius 3 is 2.78 bits per heavy atom. The predicted octanol–water partition coefficient (Wildman–Crippen LogP) is 4.03. The molecular formula is C16H14F3IN4O2S. The number of rotatable bonds is 7. The van der Waals surface area contributed by atoms with E-state index in [-0.39, 0.29) is 24.1 Å². The molecule has 0 bridgehead atoms. The highest BCUT2D eigenvalue weighted by molar-refractivity contribution is 14.1. The van der Waals surface area contributed by atoms with Crippen LogP contribution in [0.3, 0.4) is 0 Å². The molecule has 11 heteroatoms. The zero-order chi connectivity index (χ0) is 19.7. The molecule has 6 nitrogen and oxygen atoms in total. The molecule has 0 radical (unpaired) electrons. The molecule has 0 saturated heterocycles. The van der Waals surface area contributed by atoms with Crippen LogP contribution < -0.4 is 15.5 Å². The van der Waals surface area contributed by atoms with Crippen LogP contribution in [0.1, 0.15) is 5.56 Å². The third-order valence-corrected chi connectivity index (χ3v) is 3.74. The van der Waals surface area contributed by atoms with Crippen molar-refractivity contribution < 1.29 is 22.7 Å². The third kappa shape index (κ3) is 8.05. The topological polar surface area (TPSA) is 67.8 Å². The number of aromatic nitrogens is 1. The van der Waals surface area contributed by atoms with Crippen molar-refractivity contribution in [2.75, 3.05) is 18.5 Å². The van der Waals surface area contributed by atoms with Crippen molar-refractivity contribution in [3.63, 3.8) is 0 Å². The zero-order valence-electron chi connectivity index (χ0n) is 13.7. The maximum Gasteiger partial charge on any atom is 0.416 e. The molecule has 0 spiro atoms. The number of benzene rings is 1. The highest BCUT2D eigenvalue weighted by Gasteiger charge is 2.30. The first kappa shape index (κ1) is 21.3. The number of thiocarbonyl (C=S) groups is 1. The quantitative estimate of drug-likeness (QED) is 0.147. The Hall–Kier alpha value is -1.99. The molecule has 0 fully saturated rings. The van der Waals surface area contributed by atoms with Crippen LogP contribution >= 0.6 is 34.8 Å². The Morgan fingerprint density at radius 1 is 1.26 bits per heavy atom. The maximum absolute atomic E-state index is 12.6. The normalized spacial score (nSPS) is 11.4. The summed E-state index contributed by atoms with van der Waals surface area (Å²) in [6.07, 6.45) is -1.50. The molecule has 1 aromatic heterocycles. The third-order valence-electron chi connectivity index (χ3n) is 2.90. The number of hydrogen-bond acceptors (Lipinski definition) is 4. The molecule has 0 amide bonds. The smallest absolute Gasteiger partial charge is 0.416 e. The van der Waals surface area contributed by atoms with Crippen molar-refractivity contribution in [3.8, 4) is 5.75 Å². The van der Waals surface area contributed by atoms with Gasteiger partial charge in [-0.3, -0.25) is 10.3 Å². The summed E-state index contributed by atoms with van der Waals surface area (Å²) in [6.45, 7) is 0.137. The molecule has 0 aliphatic carbocycles. The van der Waals surface area contributed by atoms with Gasteiger partial charge < -0.3 is 10.1 Å². The van der Waals surface area contributed by atoms with Gasteiger partial charge in [-0.25, -0.2) is 9.98 Å². The lowest BCUT2D eigenvalue weighted by molar-refractivity contribution is -0.137. The molecule has 0 aliphatic rings. The van der Waals surface area contributed by atoms with Crippen molar-refractivity contribution in [1.29, 1.82) is 0 Å². The summed E-state index contributed by atoms with van der Waals surface area (Å²) in [5, 5.41) is 3.00. The van der Waals surface area contributed by atoms with E-state index in [4.69, 9.17) is 21.8 Å². The molecule has 0 unspecified atom stereocenters. The first-order valence-corrected chi connectivity index (χ1v) is 8.96. The molecule has 27 heavy (non-hydrogen) atoms. The van der Waals surface area contributed by atoms with Crippen LogP contribution in [0.2, 0.25) is 0 Å². The van der Waals surface area contributed by atoms with Crippen LogP contribution in [-0.2, 0) is 11.0 Å². The molecule has 0 atom stereocenters. The van der Waals surface area contributed by atoms with Gasteiger partial charge in [0.15, 0.2) is 5.11 Å². The Kier molecular flexibility index (Phi) is 8.19. The molecule has 0 aliphatic heterocycles. The summed E-state index contributed by atoms with van der Waals surface area (Å²) in [6, 6.07) is 8.25. The largest absolute Gasteiger partial charge is 0.491 e. The first-order chi connectivity index (χ1) is 12.8. The van der Waals surface area contributed by atoms with Gasteiger partial charge in [0.1, 0.15) is 31.1 Å². The number of nitrogens with zero attached hydrogens (tertiary/aromatic N) is 2. The highest BCUT2D eigenvalue weighted by atomic mass is 127. The van der Waals surface area contributed by atoms with Gasteiger partial charge in [-0.05, 0) is 65.1 Å². The van der Waals surface area contributed by atoms with Gasteiger partial charge in [-0.2, -0.15) is 13.2 Å². The summed E-state index contributed by atoms with van der Waals surface area (Å²) < 4.78 is 44.0. The van der Waals surface area contributed by atoms with Gasteiger partial charge in [-0.15, -0.1) is 0 Å². The van der Waals surface area contributed by atoms with Gasteiger partial charge in [-0.1, -0.05) is 6.07 Å². The molecule has 2 aromatic rings. The summed E-state index contributed by atoms with van der Waals surface area (Å²) in [5.41, 5.74) is 1.66. The van der Waals surface area contributed by atoms with Gasteiger partial charge >= 0.3 is 6.18 Å². The second-order valence-electron chi connectivity index (χ2n) is 4.89. The predicted molar refractivity (Wildman–Crippen MR) is 108 cm³/mol. The number of aliphatic imine (C=N–C) groups is 1. The van der Waals surface area contributed by atoms with Gasteiger partial charge in [0.2, 0.25) is 0 Å². The number of hydroxylamine groups is 1. The van der Waals surface area contributed by atoms with Crippen molar-refractivity contribution in [2.45, 2.75) is 6.18 Å². The van der Waals surface area contributed by atoms with E-state index in [9.17, 15) is 13.2 Å². The average Bonchev–Trinajstić information content (AvgIpc) is 2.62. The molecule has 2 N–H and O–H groups in total. The van der Waals surface area contributed by atoms with E-state index in [1.54, 1.807) is 12.3 Å². The molecule has 2 rings (SSSR count). The Bertz CT molecular complexity index is 788. The molecule has 144 valence electrons. The number of hydrogen-bond donors (Lipinski definition) is 2. The Labute approximate surface area is 172 Å². The minimum absolute atomic E-state index is 0.0530. The zero-order valence-corrected chi connectivity index (χ0v) is 16.6. The van der Waals surface area contributed by atoms with E-state index in [0.29, 0.717) is 5.82 Å². The van der Waals surface area contributed by atoms with Gasteiger partial charge in [0, 0.05) is 9.77 Å². The minimum atomic E-state index is -4.41. The molecule has 1 aromatic carbocycles. The SMILES string of the molecule is FC(F)(F)c1cccc(OCCON/C=N/C(=S)Nc2ccc(I)cn2)c1. The lowest BCUT2D eigenvalue weighted by atomic mass is 10.2. The van der Waals surface area contributed by atoms with Crippen molar-refractivity contribution in [3.05, 3.63) is 51.7 Å². The average molecular weight is 510 g/mol. The first-order valence-electron chi connectivity index (χ1n) is 7.47. The fourth-order valence-corrected chi connectivity index (χ4v) is 2.21. The van der Waals surface area contributed by atoms with Crippen LogP contribution in [0, 0.1) is 3.57 Å². The van der Waals surface area contributed by atoms with Crippen LogP contribution in [-0.4, -0.2) is 29.6 Å². The van der Waals surface area contributed by atoms with Crippen molar-refractivity contribution >= 4 is 52.1 Å². The second kappa shape index (κ2) is 10.4. The number of alkyl halides is 3. The molecule has 0 saturated carbocycles. The highest BCUT2D eigenvalue weighted by Crippen LogP contribution is 2.31. The number of ether oxygens (including phenoxy) is 1. The minimum Gasteiger partial charge on any atom is -0.491 e. The van der Waals surface area contributed by atoms with Crippen LogP contribution in [0.15, 0.2) is 47.6 Å². The second-order valence-corrected chi connectivity index (χ2v) is 6.52. The molecular weight excluding hydrogens is 496 g/mol. The van der Waals surface area contributed by atoms with Crippen molar-refractivity contribution in [2.24, 2.45) is 4.99 Å². The number of halogens is 4. The van der Waals surface area contributed by atoms with E-state index in [1.165, 1.54) is 18.5 Å². The van der Waals surface area contributed by atoms with Gasteiger partial charge in [0.25, 0.3) is 0 Å². The standard InChI is InChI=1S/C16H14F3IN4O2S/c17-16(18,19)11-2-1-3-13(8-11)25-6-7-26-23-10-22-15(27)24-14-5-4-12(20)9-21-14/h1-5,8-10H,6-7H2,(H2,21,22,23,24,27). The summed E-state index contributed by atoms with van der Waals surface area (Å²) >= 11 is 7.15. The monoisotopic (exact) mass is 510 g/mol. The van der Waals surface area contributed by atoms with Crippen LogP contribution in [0.5, 0.6) is 5.75 Å². The number of pyridine rings is 1. The van der Waals surface area contributed by atoms with Crippen LogP contribution in [0.4, 0.5) is 19.0 Å². The van der Waals surface area contributed by atoms with E-state index in [0.717, 1.165) is 15.7 Å². The van der Waals surface area contributed by atoms with Gasteiger partial charge in [0.05, 0.1) is 5.56 Å². The number of anilines is 1. The van der Waals surface area contributed by atoms with Crippen LogP contribution in [0.25, 0.3) is 0 Å². The molecule has 1 heterocycles. The van der Waals surface area contributed by atoms with Crippen molar-refractivity contribution in [1.82, 2.24) is 10.5 Å². The lowest BCUT2D eigenvalue weighted by Crippen LogP contribution is -2.19. The Balaban J connectivity index is 1.63. The maximum atomic E-state index is 12.6. The summed E-state index contributed by atoms with van der Waals surface area (Å²) in [4.78, 5) is 13.0. The van der Waals surface area contributed by atoms with E-state index in [2.05, 4.69) is 43.4 Å². The summed E-state index contributed by atoms with van der Waals surface area (Å²) in [7, 11) is 0. The fraction of sp³-hybridized carbons (Fsp3) is 0.188. The Morgan fingerprint density at radius 2 is 2.07 bits per heavy atom. The van der Waals surface area contributed by atoms with E-state index < -0.39 is 11.7 Å². The number of nitrogens with one attached hydrogen (secondary N) is 2. The van der Waals surface area contributed by atoms with E-state index >= 15 is 0 Å².